The Morgan fingerprint density at radius 1 is 1.20 bits per heavy atom. The van der Waals surface area contributed by atoms with E-state index < -0.39 is 17.9 Å². The zero-order chi connectivity index (χ0) is 18.1. The van der Waals surface area contributed by atoms with Crippen LogP contribution >= 0.6 is 11.6 Å². The number of amides is 2. The molecule has 2 N–H and O–H groups in total. The van der Waals surface area contributed by atoms with E-state index in [9.17, 15) is 14.4 Å². The molecule has 128 valence electrons. The van der Waals surface area contributed by atoms with Crippen molar-refractivity contribution in [3.63, 3.8) is 0 Å². The van der Waals surface area contributed by atoms with Gasteiger partial charge < -0.3 is 10.4 Å². The Bertz CT molecular complexity index is 864. The molecule has 7 heteroatoms. The van der Waals surface area contributed by atoms with Crippen LogP contribution in [0.2, 0.25) is 5.02 Å². The third kappa shape index (κ3) is 3.34. The predicted octanol–water partition coefficient (Wildman–Crippen LogP) is 3.09. The van der Waals surface area contributed by atoms with Crippen LogP contribution in [0.1, 0.15) is 22.3 Å². The monoisotopic (exact) mass is 358 g/mol. The van der Waals surface area contributed by atoms with E-state index in [1.807, 2.05) is 0 Å². The molecule has 1 atom stereocenters. The Morgan fingerprint density at radius 2 is 1.88 bits per heavy atom. The molecule has 2 amide bonds. The zero-order valence-corrected chi connectivity index (χ0v) is 14.1. The SMILES string of the molecule is Cc1ccc(C(=O)O)cc1N1C(=O)C[C@@H](Nc2ccc(Cl)cc2)C1=O. The van der Waals surface area contributed by atoms with Crippen LogP contribution in [0, 0.1) is 6.92 Å². The Kier molecular flexibility index (Phi) is 4.46. The molecule has 2 aromatic rings. The van der Waals surface area contributed by atoms with Crippen LogP contribution in [0.5, 0.6) is 0 Å². The van der Waals surface area contributed by atoms with Gasteiger partial charge in [-0.2, -0.15) is 0 Å². The molecule has 25 heavy (non-hydrogen) atoms. The first-order valence-corrected chi connectivity index (χ1v) is 7.97. The zero-order valence-electron chi connectivity index (χ0n) is 13.3. The smallest absolute Gasteiger partial charge is 0.335 e. The summed E-state index contributed by atoms with van der Waals surface area (Å²) < 4.78 is 0. The van der Waals surface area contributed by atoms with Crippen LogP contribution in [-0.4, -0.2) is 28.9 Å². The fourth-order valence-corrected chi connectivity index (χ4v) is 2.85. The highest BCUT2D eigenvalue weighted by molar-refractivity contribution is 6.30. The average Bonchev–Trinajstić information content (AvgIpc) is 2.84. The van der Waals surface area contributed by atoms with Crippen LogP contribution < -0.4 is 10.2 Å². The lowest BCUT2D eigenvalue weighted by Gasteiger charge is -2.18. The summed E-state index contributed by atoms with van der Waals surface area (Å²) >= 11 is 5.84. The second-order valence-corrected chi connectivity index (χ2v) is 6.22. The lowest BCUT2D eigenvalue weighted by molar-refractivity contribution is -0.121. The average molecular weight is 359 g/mol. The van der Waals surface area contributed by atoms with Gasteiger partial charge in [0.15, 0.2) is 0 Å². The molecule has 0 unspecified atom stereocenters. The van der Waals surface area contributed by atoms with Crippen molar-refractivity contribution >= 4 is 40.8 Å². The van der Waals surface area contributed by atoms with Crippen molar-refractivity contribution in [3.8, 4) is 0 Å². The minimum atomic E-state index is -1.11. The summed E-state index contributed by atoms with van der Waals surface area (Å²) in [4.78, 5) is 37.3. The van der Waals surface area contributed by atoms with Gasteiger partial charge in [-0.25, -0.2) is 9.69 Å². The van der Waals surface area contributed by atoms with Crippen LogP contribution in [0.3, 0.4) is 0 Å². The molecule has 2 aromatic carbocycles. The quantitative estimate of drug-likeness (QED) is 0.820. The van der Waals surface area contributed by atoms with Crippen LogP contribution in [0.15, 0.2) is 42.5 Å². The number of hydrogen-bond acceptors (Lipinski definition) is 4. The van der Waals surface area contributed by atoms with E-state index in [-0.39, 0.29) is 17.9 Å². The fourth-order valence-electron chi connectivity index (χ4n) is 2.73. The van der Waals surface area contributed by atoms with Gasteiger partial charge in [0.1, 0.15) is 6.04 Å². The summed E-state index contributed by atoms with van der Waals surface area (Å²) in [5.41, 5.74) is 1.65. The number of nitrogens with zero attached hydrogens (tertiary/aromatic N) is 1. The number of carbonyl (C=O) groups excluding carboxylic acids is 2. The number of aromatic carboxylic acids is 1. The van der Waals surface area contributed by atoms with Gasteiger partial charge in [-0.1, -0.05) is 17.7 Å². The highest BCUT2D eigenvalue weighted by Gasteiger charge is 2.40. The van der Waals surface area contributed by atoms with Crippen molar-refractivity contribution in [3.05, 3.63) is 58.6 Å². The van der Waals surface area contributed by atoms with Gasteiger partial charge in [0.2, 0.25) is 5.91 Å². The number of hydrogen-bond donors (Lipinski definition) is 2. The number of rotatable bonds is 4. The van der Waals surface area contributed by atoms with E-state index in [1.54, 1.807) is 37.3 Å². The van der Waals surface area contributed by atoms with E-state index in [4.69, 9.17) is 16.7 Å². The van der Waals surface area contributed by atoms with Gasteiger partial charge in [0.25, 0.3) is 5.91 Å². The number of aryl methyl sites for hydroxylation is 1. The lowest BCUT2D eigenvalue weighted by Crippen LogP contribution is -2.35. The molecule has 0 aromatic heterocycles. The standard InChI is InChI=1S/C18H15ClN2O4/c1-10-2-3-11(18(24)25)8-15(10)21-16(22)9-14(17(21)23)20-13-6-4-12(19)5-7-13/h2-8,14,20H,9H2,1H3,(H,24,25)/t14-/m1/s1. The maximum Gasteiger partial charge on any atom is 0.335 e. The highest BCUT2D eigenvalue weighted by atomic mass is 35.5. The molecule has 6 nitrogen and oxygen atoms in total. The first-order chi connectivity index (χ1) is 11.9. The lowest BCUT2D eigenvalue weighted by atomic mass is 10.1. The summed E-state index contributed by atoms with van der Waals surface area (Å²) in [7, 11) is 0. The molecule has 1 aliphatic heterocycles. The second-order valence-electron chi connectivity index (χ2n) is 5.78. The molecule has 0 spiro atoms. The van der Waals surface area contributed by atoms with Crippen molar-refractivity contribution < 1.29 is 19.5 Å². The predicted molar refractivity (Wildman–Crippen MR) is 94.1 cm³/mol. The molecular formula is C18H15ClN2O4. The minimum absolute atomic E-state index is 0.00179. The van der Waals surface area contributed by atoms with Crippen LogP contribution in [0.25, 0.3) is 0 Å². The third-order valence-electron chi connectivity index (χ3n) is 4.03. The largest absolute Gasteiger partial charge is 0.478 e. The van der Waals surface area contributed by atoms with Gasteiger partial charge in [-0.3, -0.25) is 9.59 Å². The van der Waals surface area contributed by atoms with Crippen molar-refractivity contribution in [1.29, 1.82) is 0 Å². The van der Waals surface area contributed by atoms with Gasteiger partial charge >= 0.3 is 5.97 Å². The molecule has 1 aliphatic rings. The van der Waals surface area contributed by atoms with E-state index in [0.29, 0.717) is 22.0 Å². The van der Waals surface area contributed by atoms with E-state index in [2.05, 4.69) is 5.32 Å². The molecule has 1 fully saturated rings. The summed E-state index contributed by atoms with van der Waals surface area (Å²) in [5.74, 6) is -1.90. The number of carbonyl (C=O) groups is 3. The Hall–Kier alpha value is -2.86. The summed E-state index contributed by atoms with van der Waals surface area (Å²) in [6.07, 6.45) is -0.00179. The number of benzene rings is 2. The maximum atomic E-state index is 12.7. The van der Waals surface area contributed by atoms with Gasteiger partial charge in [0, 0.05) is 10.7 Å². The molecule has 3 rings (SSSR count). The van der Waals surface area contributed by atoms with Gasteiger partial charge in [0.05, 0.1) is 17.7 Å². The van der Waals surface area contributed by atoms with Crippen LogP contribution in [-0.2, 0) is 9.59 Å². The summed E-state index contributed by atoms with van der Waals surface area (Å²) in [5, 5.41) is 12.7. The molecule has 0 radical (unpaired) electrons. The normalized spacial score (nSPS) is 17.0. The summed E-state index contributed by atoms with van der Waals surface area (Å²) in [6, 6.07) is 10.5. The summed E-state index contributed by atoms with van der Waals surface area (Å²) in [6.45, 7) is 1.72. The van der Waals surface area contributed by atoms with Crippen molar-refractivity contribution in [2.75, 3.05) is 10.2 Å². The number of carboxylic acid groups (broad SMARTS) is 1. The van der Waals surface area contributed by atoms with Gasteiger partial charge in [-0.05, 0) is 48.9 Å². The third-order valence-corrected chi connectivity index (χ3v) is 4.28. The molecule has 0 bridgehead atoms. The molecule has 1 heterocycles. The Morgan fingerprint density at radius 3 is 2.52 bits per heavy atom. The molecule has 0 aliphatic carbocycles. The molecular weight excluding hydrogens is 344 g/mol. The first kappa shape index (κ1) is 17.0. The fraction of sp³-hybridized carbons (Fsp3) is 0.167. The Labute approximate surface area is 149 Å². The van der Waals surface area contributed by atoms with Crippen molar-refractivity contribution in [1.82, 2.24) is 0 Å². The minimum Gasteiger partial charge on any atom is -0.478 e. The number of carboxylic acids is 1. The van der Waals surface area contributed by atoms with Crippen molar-refractivity contribution in [2.24, 2.45) is 0 Å². The first-order valence-electron chi connectivity index (χ1n) is 7.59. The Balaban J connectivity index is 1.88. The van der Waals surface area contributed by atoms with E-state index in [1.165, 1.54) is 12.1 Å². The number of anilines is 2. The number of nitrogens with one attached hydrogen (secondary N) is 1. The van der Waals surface area contributed by atoms with E-state index in [0.717, 1.165) is 4.90 Å². The second kappa shape index (κ2) is 6.57. The number of halogens is 1. The van der Waals surface area contributed by atoms with Crippen LogP contribution in [0.4, 0.5) is 11.4 Å². The highest BCUT2D eigenvalue weighted by Crippen LogP contribution is 2.29. The molecule has 1 saturated heterocycles. The molecule has 0 saturated carbocycles. The van der Waals surface area contributed by atoms with E-state index >= 15 is 0 Å². The van der Waals surface area contributed by atoms with Gasteiger partial charge in [-0.15, -0.1) is 0 Å². The maximum absolute atomic E-state index is 12.7. The topological polar surface area (TPSA) is 86.7 Å². The van der Waals surface area contributed by atoms with Crippen molar-refractivity contribution in [2.45, 2.75) is 19.4 Å². The number of imide groups is 1.